The van der Waals surface area contributed by atoms with Crippen LogP contribution < -0.4 is 15.0 Å². The average Bonchev–Trinajstić information content (AvgIpc) is 3.14. The summed E-state index contributed by atoms with van der Waals surface area (Å²) >= 11 is 0. The molecule has 2 atom stereocenters. The van der Waals surface area contributed by atoms with E-state index in [2.05, 4.69) is 16.9 Å². The molecule has 2 aliphatic heterocycles. The lowest BCUT2D eigenvalue weighted by Gasteiger charge is -2.37. The number of rotatable bonds is 5. The Bertz CT molecular complexity index is 1640. The van der Waals surface area contributed by atoms with Gasteiger partial charge < -0.3 is 19.6 Å². The molecule has 3 heterocycles. The number of aromatic nitrogens is 1. The molecule has 2 aromatic carbocycles. The van der Waals surface area contributed by atoms with Gasteiger partial charge in [0.1, 0.15) is 29.8 Å². The number of carbonyl (C=O) groups is 1. The third-order valence-corrected chi connectivity index (χ3v) is 8.96. The van der Waals surface area contributed by atoms with Crippen LogP contribution in [0.3, 0.4) is 0 Å². The first-order chi connectivity index (χ1) is 19.3. The minimum absolute atomic E-state index is 0.0144. The summed E-state index contributed by atoms with van der Waals surface area (Å²) in [6.07, 6.45) is 0.381. The number of aryl methyl sites for hydroxylation is 2. The molecule has 0 fully saturated rings. The fraction of sp³-hybridized carbons (Fsp3) is 0.333. The van der Waals surface area contributed by atoms with E-state index >= 15 is 8.78 Å². The van der Waals surface area contributed by atoms with Crippen LogP contribution in [0.25, 0.3) is 0 Å². The maximum absolute atomic E-state index is 16.1. The lowest BCUT2D eigenvalue weighted by atomic mass is 9.88. The first-order valence-electron chi connectivity index (χ1n) is 13.0. The van der Waals surface area contributed by atoms with Crippen molar-refractivity contribution in [3.8, 4) is 11.5 Å². The fourth-order valence-electron chi connectivity index (χ4n) is 5.27. The molecule has 8 nitrogen and oxygen atoms in total. The minimum atomic E-state index is -1.72. The van der Waals surface area contributed by atoms with Crippen LogP contribution in [0.15, 0.2) is 57.5 Å². The molecule has 0 aliphatic carbocycles. The van der Waals surface area contributed by atoms with E-state index in [4.69, 9.17) is 9.15 Å². The maximum Gasteiger partial charge on any atom is 0.281 e. The van der Waals surface area contributed by atoms with E-state index < -0.39 is 39.8 Å². The highest BCUT2D eigenvalue weighted by Crippen LogP contribution is 2.51. The first-order valence-corrected chi connectivity index (χ1v) is 14.3. The maximum atomic E-state index is 16.1. The van der Waals surface area contributed by atoms with Crippen LogP contribution in [-0.4, -0.2) is 32.6 Å². The van der Waals surface area contributed by atoms with Gasteiger partial charge in [-0.05, 0) is 55.5 Å². The quantitative estimate of drug-likeness (QED) is 0.263. The van der Waals surface area contributed by atoms with E-state index in [0.717, 1.165) is 0 Å². The number of allylic oxidation sites excluding steroid dienone is 1. The number of para-hydroxylation sites is 1. The number of nitrogens with zero attached hydrogens (tertiary/aromatic N) is 2. The lowest BCUT2D eigenvalue weighted by Crippen LogP contribution is -2.40. The number of hydrogen-bond donors (Lipinski definition) is 2. The number of fused-ring (bicyclic) bond motifs is 1. The number of aromatic hydroxyl groups is 1. The Kier molecular flexibility index (Phi) is 7.27. The molecule has 1 unspecified atom stereocenters. The summed E-state index contributed by atoms with van der Waals surface area (Å²) < 4.78 is 56.4. The molecule has 2 aliphatic rings. The predicted molar refractivity (Wildman–Crippen MR) is 152 cm³/mol. The molecule has 0 saturated carbocycles. The highest BCUT2D eigenvalue weighted by molar-refractivity contribution is 7.89. The number of ether oxygens (including phenoxy) is 1. The molecule has 0 saturated heterocycles. The molecule has 216 valence electrons. The molecule has 0 bridgehead atoms. The van der Waals surface area contributed by atoms with Crippen LogP contribution in [0, 0.1) is 30.9 Å². The van der Waals surface area contributed by atoms with Gasteiger partial charge in [-0.2, -0.15) is 4.39 Å². The number of amides is 1. The molecule has 5 rings (SSSR count). The van der Waals surface area contributed by atoms with Gasteiger partial charge in [0.15, 0.2) is 23.2 Å². The van der Waals surface area contributed by atoms with Crippen molar-refractivity contribution >= 4 is 28.1 Å². The molecule has 2 N–H and O–H groups in total. The summed E-state index contributed by atoms with van der Waals surface area (Å²) in [5.41, 5.74) is 0.722. The smallest absolute Gasteiger partial charge is 0.281 e. The molecule has 1 aromatic heterocycles. The largest absolute Gasteiger partial charge is 0.506 e. The first kappa shape index (κ1) is 28.5. The summed E-state index contributed by atoms with van der Waals surface area (Å²) in [4.78, 5) is 20.0. The molecule has 41 heavy (non-hydrogen) atoms. The summed E-state index contributed by atoms with van der Waals surface area (Å²) in [5.74, 6) is -3.01. The monoisotopic (exact) mass is 583 g/mol. The van der Waals surface area contributed by atoms with Crippen molar-refractivity contribution in [2.45, 2.75) is 47.1 Å². The third kappa shape index (κ3) is 5.14. The Hall–Kier alpha value is -3.99. The van der Waals surface area contributed by atoms with Crippen molar-refractivity contribution in [1.29, 1.82) is 0 Å². The SMILES string of the molecule is C=C(C)COc1ccc([C@H]2C3=C(CC(C)(C)CS3=O)Nc3c(O)cccc3N2C(=O)c2nc(C)oc2C)c(F)c1F. The Balaban J connectivity index is 1.81. The topological polar surface area (TPSA) is 105 Å². The Labute approximate surface area is 239 Å². The molecule has 11 heteroatoms. The van der Waals surface area contributed by atoms with Crippen LogP contribution in [0.5, 0.6) is 11.5 Å². The normalized spacial score (nSPS) is 19.6. The van der Waals surface area contributed by atoms with Crippen LogP contribution in [-0.2, 0) is 10.8 Å². The van der Waals surface area contributed by atoms with Gasteiger partial charge >= 0.3 is 0 Å². The fourth-order valence-corrected chi connectivity index (χ4v) is 7.11. The van der Waals surface area contributed by atoms with Gasteiger partial charge in [-0.3, -0.25) is 13.9 Å². The highest BCUT2D eigenvalue weighted by Gasteiger charge is 2.45. The second-order valence-electron chi connectivity index (χ2n) is 11.2. The zero-order valence-corrected chi connectivity index (χ0v) is 24.2. The number of halogens is 2. The van der Waals surface area contributed by atoms with E-state index in [1.807, 2.05) is 13.8 Å². The van der Waals surface area contributed by atoms with Crippen molar-refractivity contribution in [3.63, 3.8) is 0 Å². The van der Waals surface area contributed by atoms with Crippen molar-refractivity contribution < 1.29 is 32.0 Å². The molecule has 0 radical (unpaired) electrons. The summed E-state index contributed by atoms with van der Waals surface area (Å²) in [6.45, 7) is 12.4. The van der Waals surface area contributed by atoms with Gasteiger partial charge in [-0.15, -0.1) is 0 Å². The number of anilines is 2. The molecule has 3 aromatic rings. The highest BCUT2D eigenvalue weighted by atomic mass is 32.2. The van der Waals surface area contributed by atoms with E-state index in [9.17, 15) is 14.1 Å². The van der Waals surface area contributed by atoms with Gasteiger partial charge in [0.25, 0.3) is 5.91 Å². The van der Waals surface area contributed by atoms with E-state index in [-0.39, 0.29) is 63.0 Å². The van der Waals surface area contributed by atoms with Crippen molar-refractivity contribution in [1.82, 2.24) is 4.98 Å². The lowest BCUT2D eigenvalue weighted by molar-refractivity contribution is 0.0974. The van der Waals surface area contributed by atoms with Crippen molar-refractivity contribution in [2.24, 2.45) is 5.41 Å². The second-order valence-corrected chi connectivity index (χ2v) is 12.6. The van der Waals surface area contributed by atoms with Gasteiger partial charge in [0.05, 0.1) is 21.4 Å². The van der Waals surface area contributed by atoms with Crippen LogP contribution in [0.2, 0.25) is 0 Å². The number of carbonyl (C=O) groups excluding carboxylic acids is 1. The number of nitrogens with one attached hydrogen (secondary N) is 1. The molecule has 0 spiro atoms. The van der Waals surface area contributed by atoms with Gasteiger partial charge in [0, 0.05) is 23.9 Å². The minimum Gasteiger partial charge on any atom is -0.506 e. The predicted octanol–water partition coefficient (Wildman–Crippen LogP) is 6.43. The number of oxazole rings is 1. The standard InChI is InChI=1S/C30H31F2N3O5S/c1-15(2)13-39-22-11-10-18(23(31)24(22)32)27-28-19(12-30(5,6)14-41(28)38)34-26-20(8-7-9-21(26)36)35(27)29(37)25-16(3)40-17(4)33-25/h7-11,27,34,36H,1,12-14H2,2-6H3/t27-,41?/m0/s1. The second kappa shape index (κ2) is 10.4. The van der Waals surface area contributed by atoms with Crippen LogP contribution in [0.4, 0.5) is 20.2 Å². The van der Waals surface area contributed by atoms with E-state index in [1.165, 1.54) is 29.2 Å². The number of hydrogen-bond acceptors (Lipinski definition) is 7. The average molecular weight is 584 g/mol. The zero-order valence-electron chi connectivity index (χ0n) is 23.4. The van der Waals surface area contributed by atoms with E-state index in [0.29, 0.717) is 17.7 Å². The molecule has 1 amide bonds. The van der Waals surface area contributed by atoms with Crippen LogP contribution >= 0.6 is 0 Å². The summed E-state index contributed by atoms with van der Waals surface area (Å²) in [6, 6.07) is 5.80. The summed E-state index contributed by atoms with van der Waals surface area (Å²) in [7, 11) is -1.72. The zero-order chi connectivity index (χ0) is 29.8. The summed E-state index contributed by atoms with van der Waals surface area (Å²) in [5, 5.41) is 14.1. The Morgan fingerprint density at radius 1 is 1.27 bits per heavy atom. The van der Waals surface area contributed by atoms with Crippen molar-refractivity contribution in [2.75, 3.05) is 22.6 Å². The van der Waals surface area contributed by atoms with E-state index in [1.54, 1.807) is 26.8 Å². The number of phenols is 1. The Morgan fingerprint density at radius 2 is 2.00 bits per heavy atom. The molecular formula is C30H31F2N3O5S. The molecular weight excluding hydrogens is 552 g/mol. The number of benzene rings is 2. The van der Waals surface area contributed by atoms with Gasteiger partial charge in [-0.25, -0.2) is 9.37 Å². The van der Waals surface area contributed by atoms with Gasteiger partial charge in [0.2, 0.25) is 5.82 Å². The van der Waals surface area contributed by atoms with Crippen LogP contribution in [0.1, 0.15) is 60.9 Å². The third-order valence-electron chi connectivity index (χ3n) is 6.95. The number of phenolic OH excluding ortho intramolecular Hbond substituents is 1. The van der Waals surface area contributed by atoms with Gasteiger partial charge in [-0.1, -0.05) is 26.5 Å². The van der Waals surface area contributed by atoms with Crippen molar-refractivity contribution in [3.05, 3.63) is 87.6 Å². The Morgan fingerprint density at radius 3 is 2.66 bits per heavy atom.